The second-order valence-electron chi connectivity index (χ2n) is 8.70. The number of carbonyl (C=O) groups is 2. The third-order valence-corrected chi connectivity index (χ3v) is 5.85. The highest BCUT2D eigenvalue weighted by Gasteiger charge is 2.08. The molecular formula is C30H48N4O3S. The van der Waals surface area contributed by atoms with Crippen molar-refractivity contribution in [3.05, 3.63) is 58.7 Å². The smallest absolute Gasteiger partial charge is 0.252 e. The van der Waals surface area contributed by atoms with E-state index in [2.05, 4.69) is 62.4 Å². The molecular weight excluding hydrogens is 496 g/mol. The molecule has 1 fully saturated rings. The summed E-state index contributed by atoms with van der Waals surface area (Å²) >= 11 is 1.43. The van der Waals surface area contributed by atoms with E-state index in [1.807, 2.05) is 50.0 Å². The monoisotopic (exact) mass is 544 g/mol. The Balaban J connectivity index is 0.000000537. The number of hydrogen-bond donors (Lipinski definition) is 2. The quantitative estimate of drug-likeness (QED) is 0.331. The van der Waals surface area contributed by atoms with Gasteiger partial charge in [0.15, 0.2) is 5.13 Å². The summed E-state index contributed by atoms with van der Waals surface area (Å²) in [6.07, 6.45) is 6.80. The van der Waals surface area contributed by atoms with Crippen molar-refractivity contribution in [3.63, 3.8) is 0 Å². The molecule has 3 aromatic rings. The van der Waals surface area contributed by atoms with Gasteiger partial charge in [-0.25, -0.2) is 4.98 Å². The SMILES string of the molecule is CC.CC1CCOC1.CCC.CCNC(=O)c1ccn(C)c1.Cc1ccc(-c2csc(NC=O)n2)cc1C. The molecule has 0 bridgehead atoms. The molecule has 2 aromatic heterocycles. The summed E-state index contributed by atoms with van der Waals surface area (Å²) in [5.41, 5.74) is 5.21. The van der Waals surface area contributed by atoms with Crippen LogP contribution in [0.15, 0.2) is 42.0 Å². The van der Waals surface area contributed by atoms with Crippen LogP contribution >= 0.6 is 11.3 Å². The van der Waals surface area contributed by atoms with Gasteiger partial charge in [0.25, 0.3) is 5.91 Å². The van der Waals surface area contributed by atoms with Crippen LogP contribution in [0, 0.1) is 19.8 Å². The van der Waals surface area contributed by atoms with Gasteiger partial charge in [-0.1, -0.05) is 53.2 Å². The molecule has 3 heterocycles. The lowest BCUT2D eigenvalue weighted by molar-refractivity contribution is -0.105. The Bertz CT molecular complexity index is 1040. The lowest BCUT2D eigenvalue weighted by atomic mass is 10.1. The van der Waals surface area contributed by atoms with Crippen LogP contribution in [0.2, 0.25) is 0 Å². The molecule has 1 aliphatic rings. The molecule has 8 heteroatoms. The second kappa shape index (κ2) is 21.0. The van der Waals surface area contributed by atoms with Gasteiger partial charge in [0.2, 0.25) is 6.41 Å². The molecule has 1 atom stereocenters. The first-order chi connectivity index (χ1) is 18.2. The Hall–Kier alpha value is -2.97. The predicted octanol–water partition coefficient (Wildman–Crippen LogP) is 7.26. The summed E-state index contributed by atoms with van der Waals surface area (Å²) in [4.78, 5) is 25.7. The van der Waals surface area contributed by atoms with Gasteiger partial charge < -0.3 is 19.9 Å². The molecule has 1 aromatic carbocycles. The first kappa shape index (κ1) is 35.0. The predicted molar refractivity (Wildman–Crippen MR) is 162 cm³/mol. The van der Waals surface area contributed by atoms with Gasteiger partial charge in [0.1, 0.15) is 0 Å². The van der Waals surface area contributed by atoms with Gasteiger partial charge in [-0.05, 0) is 56.4 Å². The van der Waals surface area contributed by atoms with Crippen molar-refractivity contribution >= 4 is 28.8 Å². The summed E-state index contributed by atoms with van der Waals surface area (Å²) in [7, 11) is 1.89. The highest BCUT2D eigenvalue weighted by atomic mass is 32.1. The van der Waals surface area contributed by atoms with E-state index in [-0.39, 0.29) is 5.91 Å². The molecule has 2 amide bonds. The number of benzene rings is 1. The van der Waals surface area contributed by atoms with E-state index >= 15 is 0 Å². The zero-order chi connectivity index (χ0) is 28.9. The summed E-state index contributed by atoms with van der Waals surface area (Å²) in [5, 5.41) is 7.84. The fourth-order valence-electron chi connectivity index (χ4n) is 2.98. The number of thiazole rings is 1. The van der Waals surface area contributed by atoms with E-state index in [1.165, 1.54) is 35.3 Å². The molecule has 1 unspecified atom stereocenters. The highest BCUT2D eigenvalue weighted by molar-refractivity contribution is 7.14. The molecule has 0 saturated carbocycles. The first-order valence-electron chi connectivity index (χ1n) is 13.5. The maximum absolute atomic E-state index is 11.1. The highest BCUT2D eigenvalue weighted by Crippen LogP contribution is 2.26. The van der Waals surface area contributed by atoms with Gasteiger partial charge in [-0.15, -0.1) is 11.3 Å². The number of amides is 2. The molecule has 2 N–H and O–H groups in total. The maximum Gasteiger partial charge on any atom is 0.252 e. The van der Waals surface area contributed by atoms with E-state index in [1.54, 1.807) is 12.3 Å². The van der Waals surface area contributed by atoms with Crippen LogP contribution in [-0.2, 0) is 16.6 Å². The fourth-order valence-corrected chi connectivity index (χ4v) is 3.66. The average Bonchev–Trinajstić information content (AvgIpc) is 3.67. The summed E-state index contributed by atoms with van der Waals surface area (Å²) < 4.78 is 6.91. The maximum atomic E-state index is 11.1. The number of anilines is 1. The van der Waals surface area contributed by atoms with Gasteiger partial charge in [0, 0.05) is 50.1 Å². The minimum atomic E-state index is -0.00639. The fraction of sp³-hybridized carbons (Fsp3) is 0.500. The zero-order valence-electron chi connectivity index (χ0n) is 24.8. The van der Waals surface area contributed by atoms with Crippen LogP contribution in [0.3, 0.4) is 0 Å². The average molecular weight is 545 g/mol. The van der Waals surface area contributed by atoms with E-state index in [4.69, 9.17) is 4.74 Å². The van der Waals surface area contributed by atoms with Crippen molar-refractivity contribution in [2.75, 3.05) is 25.1 Å². The molecule has 0 aliphatic carbocycles. The van der Waals surface area contributed by atoms with Gasteiger partial charge in [0.05, 0.1) is 11.3 Å². The van der Waals surface area contributed by atoms with Gasteiger partial charge in [-0.3, -0.25) is 9.59 Å². The molecule has 4 rings (SSSR count). The standard InChI is InChI=1S/C12H12N2OS.C8H12N2O.C5H10O.C3H8.C2H6/c1-8-3-4-10(5-9(8)2)11-6-16-12(14-11)13-7-15;1-3-9-8(11)7-4-5-10(2)6-7;1-5-2-3-6-4-5;1-3-2;1-2/h3-7H,1-2H3,(H,13,14,15);4-6H,3H2,1-2H3,(H,9,11);5H,2-4H2,1H3;3H2,1-2H3;1-2H3. The largest absolute Gasteiger partial charge is 0.381 e. The van der Waals surface area contributed by atoms with E-state index in [0.717, 1.165) is 30.4 Å². The molecule has 0 radical (unpaired) electrons. The summed E-state index contributed by atoms with van der Waals surface area (Å²) in [5.74, 6) is 0.818. The molecule has 38 heavy (non-hydrogen) atoms. The molecule has 1 saturated heterocycles. The number of carbonyl (C=O) groups excluding carboxylic acids is 2. The Kier molecular flexibility index (Phi) is 19.4. The zero-order valence-corrected chi connectivity index (χ0v) is 25.6. The number of aromatic nitrogens is 2. The van der Waals surface area contributed by atoms with Crippen molar-refractivity contribution in [1.82, 2.24) is 14.9 Å². The van der Waals surface area contributed by atoms with E-state index < -0.39 is 0 Å². The summed E-state index contributed by atoms with van der Waals surface area (Å²) in [6, 6.07) is 8.03. The molecule has 1 aliphatic heterocycles. The number of nitrogens with zero attached hydrogens (tertiary/aromatic N) is 2. The third kappa shape index (κ3) is 14.1. The number of aryl methyl sites for hydroxylation is 3. The molecule has 7 nitrogen and oxygen atoms in total. The van der Waals surface area contributed by atoms with E-state index in [0.29, 0.717) is 23.6 Å². The van der Waals surface area contributed by atoms with Crippen molar-refractivity contribution in [1.29, 1.82) is 0 Å². The topological polar surface area (TPSA) is 85.2 Å². The van der Waals surface area contributed by atoms with Crippen LogP contribution in [0.25, 0.3) is 11.3 Å². The van der Waals surface area contributed by atoms with Crippen LogP contribution in [-0.4, -0.2) is 41.6 Å². The lowest BCUT2D eigenvalue weighted by Crippen LogP contribution is -2.21. The van der Waals surface area contributed by atoms with E-state index in [9.17, 15) is 9.59 Å². The first-order valence-corrected chi connectivity index (χ1v) is 14.3. The number of hydrogen-bond acceptors (Lipinski definition) is 5. The number of rotatable bonds is 5. The van der Waals surface area contributed by atoms with Crippen molar-refractivity contribution < 1.29 is 14.3 Å². The molecule has 212 valence electrons. The Morgan fingerprint density at radius 3 is 2.32 bits per heavy atom. The lowest BCUT2D eigenvalue weighted by Gasteiger charge is -2.02. The Morgan fingerprint density at radius 2 is 1.87 bits per heavy atom. The normalized spacial score (nSPS) is 13.1. The van der Waals surface area contributed by atoms with Crippen LogP contribution < -0.4 is 10.6 Å². The number of nitrogens with one attached hydrogen (secondary N) is 2. The van der Waals surface area contributed by atoms with Crippen molar-refractivity contribution in [3.8, 4) is 11.3 Å². The van der Waals surface area contributed by atoms with Crippen molar-refractivity contribution in [2.24, 2.45) is 13.0 Å². The Morgan fingerprint density at radius 1 is 1.18 bits per heavy atom. The van der Waals surface area contributed by atoms with Gasteiger partial charge >= 0.3 is 0 Å². The number of ether oxygens (including phenoxy) is 1. The summed E-state index contributed by atoms with van der Waals surface area (Å²) in [6.45, 7) is 19.2. The van der Waals surface area contributed by atoms with Gasteiger partial charge in [-0.2, -0.15) is 0 Å². The van der Waals surface area contributed by atoms with Crippen LogP contribution in [0.5, 0.6) is 0 Å². The minimum absolute atomic E-state index is 0.00639. The minimum Gasteiger partial charge on any atom is -0.381 e. The van der Waals surface area contributed by atoms with Crippen LogP contribution in [0.1, 0.15) is 75.9 Å². The Labute approximate surface area is 234 Å². The third-order valence-electron chi connectivity index (χ3n) is 5.08. The molecule has 0 spiro atoms. The second-order valence-corrected chi connectivity index (χ2v) is 9.56. The van der Waals surface area contributed by atoms with Crippen LogP contribution in [0.4, 0.5) is 5.13 Å². The van der Waals surface area contributed by atoms with Crippen molar-refractivity contribution in [2.45, 2.75) is 68.2 Å².